The summed E-state index contributed by atoms with van der Waals surface area (Å²) in [5, 5.41) is 0. The summed E-state index contributed by atoms with van der Waals surface area (Å²) in [6, 6.07) is 4.53. The van der Waals surface area contributed by atoms with Gasteiger partial charge in [0, 0.05) is 32.2 Å². The molecule has 1 aromatic rings. The molecule has 9 heteroatoms. The number of nitrogens with zero attached hydrogens (tertiary/aromatic N) is 2. The molecule has 0 radical (unpaired) electrons. The van der Waals surface area contributed by atoms with Gasteiger partial charge in [0.05, 0.1) is 4.90 Å². The number of hydrogen-bond donors (Lipinski definition) is 1. The van der Waals surface area contributed by atoms with Crippen molar-refractivity contribution in [2.75, 3.05) is 45.9 Å². The van der Waals surface area contributed by atoms with Crippen LogP contribution in [0.15, 0.2) is 23.1 Å². The van der Waals surface area contributed by atoms with Crippen LogP contribution in [0, 0.1) is 0 Å². The van der Waals surface area contributed by atoms with Gasteiger partial charge in [0.2, 0.25) is 16.1 Å². The van der Waals surface area contributed by atoms with Crippen molar-refractivity contribution in [3.63, 3.8) is 0 Å². The number of nitrogens with one attached hydrogen (secondary N) is 1. The Bertz CT molecular complexity index is 833. The minimum Gasteiger partial charge on any atom is -0.485 e. The molecule has 0 unspecified atom stereocenters. The third-order valence-electron chi connectivity index (χ3n) is 5.75. The number of carbonyl (C=O) groups excluding carboxylic acids is 1. The molecule has 0 bridgehead atoms. The summed E-state index contributed by atoms with van der Waals surface area (Å²) in [5.41, 5.74) is 0. The van der Waals surface area contributed by atoms with E-state index in [-0.39, 0.29) is 17.4 Å². The van der Waals surface area contributed by atoms with Gasteiger partial charge in [0.15, 0.2) is 11.5 Å². The van der Waals surface area contributed by atoms with E-state index in [0.29, 0.717) is 24.6 Å². The zero-order valence-electron chi connectivity index (χ0n) is 16.6. The van der Waals surface area contributed by atoms with Crippen LogP contribution in [0.3, 0.4) is 0 Å². The molecule has 0 spiro atoms. The van der Waals surface area contributed by atoms with Crippen LogP contribution in [-0.4, -0.2) is 76.1 Å². The van der Waals surface area contributed by atoms with Crippen molar-refractivity contribution in [2.45, 2.75) is 43.1 Å². The number of ether oxygens (including phenoxy) is 2. The first-order chi connectivity index (χ1) is 14.0. The second-order valence-electron chi connectivity index (χ2n) is 7.86. The van der Waals surface area contributed by atoms with E-state index >= 15 is 0 Å². The lowest BCUT2D eigenvalue weighted by Crippen LogP contribution is -2.48. The number of hydrogen-bond acceptors (Lipinski definition) is 6. The molecule has 0 saturated carbocycles. The van der Waals surface area contributed by atoms with Gasteiger partial charge >= 0.3 is 0 Å². The number of fused-ring (bicyclic) bond motifs is 1. The van der Waals surface area contributed by atoms with Gasteiger partial charge in [0.1, 0.15) is 6.61 Å². The van der Waals surface area contributed by atoms with E-state index < -0.39 is 16.1 Å². The minimum absolute atomic E-state index is 0.0596. The molecule has 2 fully saturated rings. The van der Waals surface area contributed by atoms with Gasteiger partial charge < -0.3 is 19.3 Å². The standard InChI is InChI=1S/C20H29N3O5S/c24-20(23-11-2-1-3-12-23)19-15-27-18-14-16(6-7-17(18)28-19)29(25,26)21-8-13-22-9-4-5-10-22/h6-7,14,19,21H,1-5,8-13,15H2/t19-/m0/s1. The Morgan fingerprint density at radius 1 is 1.03 bits per heavy atom. The molecule has 4 rings (SSSR count). The predicted molar refractivity (Wildman–Crippen MR) is 108 cm³/mol. The lowest BCUT2D eigenvalue weighted by Gasteiger charge is -2.32. The van der Waals surface area contributed by atoms with Crippen molar-refractivity contribution in [3.8, 4) is 11.5 Å². The van der Waals surface area contributed by atoms with Crippen LogP contribution in [0.4, 0.5) is 0 Å². The highest BCUT2D eigenvalue weighted by atomic mass is 32.2. The fraction of sp³-hybridized carbons (Fsp3) is 0.650. The fourth-order valence-corrected chi connectivity index (χ4v) is 5.12. The second-order valence-corrected chi connectivity index (χ2v) is 9.63. The highest BCUT2D eigenvalue weighted by Crippen LogP contribution is 2.34. The average Bonchev–Trinajstić information content (AvgIpc) is 3.26. The molecule has 1 aromatic carbocycles. The van der Waals surface area contributed by atoms with Crippen LogP contribution in [0.25, 0.3) is 0 Å². The van der Waals surface area contributed by atoms with E-state index in [4.69, 9.17) is 9.47 Å². The molecule has 8 nitrogen and oxygen atoms in total. The number of likely N-dealkylation sites (tertiary alicyclic amines) is 2. The summed E-state index contributed by atoms with van der Waals surface area (Å²) < 4.78 is 39.3. The number of sulfonamides is 1. The smallest absolute Gasteiger partial charge is 0.267 e. The molecule has 3 aliphatic rings. The summed E-state index contributed by atoms with van der Waals surface area (Å²) in [4.78, 5) is 16.8. The maximum absolute atomic E-state index is 12.6. The first-order valence-electron chi connectivity index (χ1n) is 10.5. The minimum atomic E-state index is -3.62. The van der Waals surface area contributed by atoms with Gasteiger partial charge in [-0.25, -0.2) is 13.1 Å². The van der Waals surface area contributed by atoms with Gasteiger partial charge in [-0.3, -0.25) is 4.79 Å². The third-order valence-corrected chi connectivity index (χ3v) is 7.21. The predicted octanol–water partition coefficient (Wildman–Crippen LogP) is 1.21. The Balaban J connectivity index is 1.37. The van der Waals surface area contributed by atoms with Crippen molar-refractivity contribution >= 4 is 15.9 Å². The Kier molecular flexibility index (Phi) is 6.26. The summed E-state index contributed by atoms with van der Waals surface area (Å²) in [6.07, 6.45) is 4.86. The molecular formula is C20H29N3O5S. The van der Waals surface area contributed by atoms with Crippen molar-refractivity contribution in [1.82, 2.24) is 14.5 Å². The molecule has 0 aromatic heterocycles. The van der Waals surface area contributed by atoms with Gasteiger partial charge in [-0.05, 0) is 57.3 Å². The largest absolute Gasteiger partial charge is 0.485 e. The van der Waals surface area contributed by atoms with E-state index in [0.717, 1.165) is 45.4 Å². The van der Waals surface area contributed by atoms with Crippen molar-refractivity contribution in [2.24, 2.45) is 0 Å². The van der Waals surface area contributed by atoms with Crippen LogP contribution in [0.2, 0.25) is 0 Å². The molecule has 2 saturated heterocycles. The molecule has 1 atom stereocenters. The topological polar surface area (TPSA) is 88.2 Å². The normalized spacial score (nSPS) is 22.6. The Hall–Kier alpha value is -1.84. The summed E-state index contributed by atoms with van der Waals surface area (Å²) in [7, 11) is -3.62. The van der Waals surface area contributed by atoms with Crippen LogP contribution < -0.4 is 14.2 Å². The highest BCUT2D eigenvalue weighted by molar-refractivity contribution is 7.89. The molecule has 1 amide bonds. The molecule has 160 valence electrons. The maximum atomic E-state index is 12.6. The fourth-order valence-electron chi connectivity index (χ4n) is 4.09. The number of benzene rings is 1. The van der Waals surface area contributed by atoms with E-state index in [2.05, 4.69) is 9.62 Å². The first-order valence-corrected chi connectivity index (χ1v) is 12.0. The molecule has 29 heavy (non-hydrogen) atoms. The molecular weight excluding hydrogens is 394 g/mol. The zero-order chi connectivity index (χ0) is 20.3. The molecule has 0 aliphatic carbocycles. The first kappa shape index (κ1) is 20.4. The second kappa shape index (κ2) is 8.89. The third kappa shape index (κ3) is 4.84. The Morgan fingerprint density at radius 3 is 2.52 bits per heavy atom. The van der Waals surface area contributed by atoms with Gasteiger partial charge in [-0.15, -0.1) is 0 Å². The highest BCUT2D eigenvalue weighted by Gasteiger charge is 2.32. The molecule has 3 heterocycles. The van der Waals surface area contributed by atoms with Crippen molar-refractivity contribution in [1.29, 1.82) is 0 Å². The lowest BCUT2D eigenvalue weighted by atomic mass is 10.1. The van der Waals surface area contributed by atoms with Crippen LogP contribution in [-0.2, 0) is 14.8 Å². The van der Waals surface area contributed by atoms with E-state index in [1.165, 1.54) is 25.0 Å². The number of rotatable bonds is 6. The number of carbonyl (C=O) groups is 1. The molecule has 1 N–H and O–H groups in total. The summed E-state index contributed by atoms with van der Waals surface area (Å²) in [5.74, 6) is 0.702. The zero-order valence-corrected chi connectivity index (χ0v) is 17.5. The van der Waals surface area contributed by atoms with E-state index in [1.807, 2.05) is 4.90 Å². The summed E-state index contributed by atoms with van der Waals surface area (Å²) in [6.45, 7) is 4.76. The average molecular weight is 424 g/mol. The van der Waals surface area contributed by atoms with Crippen molar-refractivity contribution in [3.05, 3.63) is 18.2 Å². The summed E-state index contributed by atoms with van der Waals surface area (Å²) >= 11 is 0. The van der Waals surface area contributed by atoms with Crippen LogP contribution in [0.5, 0.6) is 11.5 Å². The van der Waals surface area contributed by atoms with Crippen LogP contribution in [0.1, 0.15) is 32.1 Å². The Morgan fingerprint density at radius 2 is 1.76 bits per heavy atom. The molecule has 3 aliphatic heterocycles. The maximum Gasteiger partial charge on any atom is 0.267 e. The van der Waals surface area contributed by atoms with Crippen LogP contribution >= 0.6 is 0 Å². The number of piperidine rings is 1. The van der Waals surface area contributed by atoms with Crippen molar-refractivity contribution < 1.29 is 22.7 Å². The monoisotopic (exact) mass is 423 g/mol. The lowest BCUT2D eigenvalue weighted by molar-refractivity contribution is -0.142. The van der Waals surface area contributed by atoms with E-state index in [1.54, 1.807) is 6.07 Å². The number of amides is 1. The SMILES string of the molecule is O=C([C@@H]1COc2cc(S(=O)(=O)NCCN3CCCC3)ccc2O1)N1CCCCC1. The van der Waals surface area contributed by atoms with Gasteiger partial charge in [-0.2, -0.15) is 0 Å². The van der Waals surface area contributed by atoms with Gasteiger partial charge in [0.25, 0.3) is 5.91 Å². The quantitative estimate of drug-likeness (QED) is 0.740. The van der Waals surface area contributed by atoms with E-state index in [9.17, 15) is 13.2 Å². The Labute approximate surface area is 172 Å². The van der Waals surface area contributed by atoms with Gasteiger partial charge in [-0.1, -0.05) is 0 Å².